The van der Waals surface area contributed by atoms with Gasteiger partial charge in [0, 0.05) is 91.4 Å². The molecule has 5 N–H and O–H groups in total. The smallest absolute Gasteiger partial charge is 0.329 e. The molecule has 10 rings (SSSR count). The highest BCUT2D eigenvalue weighted by atomic mass is 35.5. The molecule has 1 aliphatic carbocycles. The summed E-state index contributed by atoms with van der Waals surface area (Å²) >= 11 is 6.72. The van der Waals surface area contributed by atoms with E-state index in [9.17, 15) is 24.3 Å². The van der Waals surface area contributed by atoms with Gasteiger partial charge >= 0.3 is 6.03 Å². The number of hydrogen-bond donors (Lipinski definition) is 4. The Morgan fingerprint density at radius 1 is 0.920 bits per heavy atom. The summed E-state index contributed by atoms with van der Waals surface area (Å²) in [4.78, 5) is 57.0. The van der Waals surface area contributed by atoms with Gasteiger partial charge in [0.2, 0.25) is 17.7 Å². The Hall–Kier alpha value is -6.28. The van der Waals surface area contributed by atoms with Crippen molar-refractivity contribution >= 4 is 52.1 Å². The van der Waals surface area contributed by atoms with Gasteiger partial charge in [0.25, 0.3) is 0 Å². The van der Waals surface area contributed by atoms with Crippen molar-refractivity contribution in [1.82, 2.24) is 30.2 Å². The van der Waals surface area contributed by atoms with E-state index < -0.39 is 64.3 Å². The number of piperidine rings is 2. The van der Waals surface area contributed by atoms with Crippen LogP contribution in [0.4, 0.5) is 28.2 Å². The van der Waals surface area contributed by atoms with E-state index in [1.807, 2.05) is 42.2 Å². The predicted molar refractivity (Wildman–Crippen MR) is 273 cm³/mol. The van der Waals surface area contributed by atoms with Crippen molar-refractivity contribution in [3.8, 4) is 22.6 Å². The van der Waals surface area contributed by atoms with Crippen molar-refractivity contribution in [2.75, 3.05) is 50.8 Å². The molecular formula is C55H61ClF4N8O7. The molecule has 20 heteroatoms. The molecule has 398 valence electrons. The third-order valence-corrected chi connectivity index (χ3v) is 16.9. The van der Waals surface area contributed by atoms with Crippen LogP contribution in [0.2, 0.25) is 5.02 Å². The predicted octanol–water partition coefficient (Wildman–Crippen LogP) is 8.17. The van der Waals surface area contributed by atoms with Gasteiger partial charge in [-0.1, -0.05) is 48.9 Å². The monoisotopic (exact) mass is 1060 g/mol. The van der Waals surface area contributed by atoms with Gasteiger partial charge in [0.15, 0.2) is 28.8 Å². The second-order valence-corrected chi connectivity index (χ2v) is 21.1. The molecule has 15 nitrogen and oxygen atoms in total. The van der Waals surface area contributed by atoms with Gasteiger partial charge in [0.05, 0.1) is 22.6 Å². The molecule has 0 radical (unpaired) electrons. The lowest BCUT2D eigenvalue weighted by molar-refractivity contribution is -0.141. The van der Waals surface area contributed by atoms with Crippen LogP contribution in [0.25, 0.3) is 22.0 Å². The molecule has 0 bridgehead atoms. The third kappa shape index (κ3) is 9.47. The summed E-state index contributed by atoms with van der Waals surface area (Å²) in [6.45, 7) is 5.59. The number of aliphatic hydroxyl groups excluding tert-OH is 1. The number of aryl methyl sites for hydroxylation is 1. The number of rotatable bonds is 13. The van der Waals surface area contributed by atoms with Crippen molar-refractivity contribution in [3.05, 3.63) is 105 Å². The number of nitrogens with zero attached hydrogens (tertiary/aromatic N) is 5. The molecule has 3 saturated heterocycles. The van der Waals surface area contributed by atoms with Crippen molar-refractivity contribution in [1.29, 1.82) is 0 Å². The second kappa shape index (κ2) is 21.0. The van der Waals surface area contributed by atoms with Gasteiger partial charge in [0.1, 0.15) is 29.5 Å². The highest BCUT2D eigenvalue weighted by Crippen LogP contribution is 2.57. The maximum Gasteiger partial charge on any atom is 0.329 e. The van der Waals surface area contributed by atoms with E-state index >= 15 is 17.6 Å². The molecule has 1 saturated carbocycles. The minimum absolute atomic E-state index is 0.000857. The Morgan fingerprint density at radius 3 is 2.33 bits per heavy atom. The summed E-state index contributed by atoms with van der Waals surface area (Å²) in [6, 6.07) is 13.9. The fourth-order valence-corrected chi connectivity index (χ4v) is 12.9. The minimum atomic E-state index is -1.14. The zero-order valence-electron chi connectivity index (χ0n) is 42.1. The number of amides is 5. The molecule has 4 atom stereocenters. The van der Waals surface area contributed by atoms with Crippen molar-refractivity contribution in [3.63, 3.8) is 0 Å². The number of carbonyl (C=O) groups is 4. The minimum Gasteiger partial charge on any atom is -0.488 e. The van der Waals surface area contributed by atoms with Crippen LogP contribution in [-0.2, 0) is 22.2 Å². The van der Waals surface area contributed by atoms with Crippen LogP contribution in [0.3, 0.4) is 0 Å². The summed E-state index contributed by atoms with van der Waals surface area (Å²) < 4.78 is 78.2. The van der Waals surface area contributed by atoms with E-state index in [0.717, 1.165) is 31.2 Å². The Morgan fingerprint density at radius 2 is 1.65 bits per heavy atom. The van der Waals surface area contributed by atoms with E-state index in [0.29, 0.717) is 50.9 Å². The lowest BCUT2D eigenvalue weighted by Crippen LogP contribution is -2.54. The van der Waals surface area contributed by atoms with Gasteiger partial charge in [-0.25, -0.2) is 22.4 Å². The van der Waals surface area contributed by atoms with Gasteiger partial charge in [-0.15, -0.1) is 0 Å². The average molecular weight is 1060 g/mol. The average Bonchev–Trinajstić information content (AvgIpc) is 3.96. The molecular weight excluding hydrogens is 996 g/mol. The summed E-state index contributed by atoms with van der Waals surface area (Å²) in [5, 5.41) is 19.5. The second-order valence-electron chi connectivity index (χ2n) is 20.8. The molecule has 0 unspecified atom stereocenters. The first-order chi connectivity index (χ1) is 36.0. The first-order valence-electron chi connectivity index (χ1n) is 25.9. The molecule has 4 fully saturated rings. The number of likely N-dealkylation sites (tertiary alicyclic amines) is 2. The quantitative estimate of drug-likeness (QED) is 0.0840. The molecule has 0 spiro atoms. The fraction of sp³-hybridized carbons (Fsp3) is 0.473. The van der Waals surface area contributed by atoms with Crippen molar-refractivity contribution in [2.24, 2.45) is 18.7 Å². The number of primary amides is 1. The molecule has 1 aromatic heterocycles. The van der Waals surface area contributed by atoms with E-state index in [-0.39, 0.29) is 112 Å². The Bertz CT molecular complexity index is 3060. The summed E-state index contributed by atoms with van der Waals surface area (Å²) in [5.41, 5.74) is 5.27. The van der Waals surface area contributed by atoms with Crippen LogP contribution in [0.1, 0.15) is 111 Å². The Balaban J connectivity index is 0.769. The maximum atomic E-state index is 16.5. The van der Waals surface area contributed by atoms with Gasteiger partial charge in [-0.05, 0) is 101 Å². The third-order valence-electron chi connectivity index (χ3n) is 16.5. The number of ether oxygens (including phenoxy) is 2. The number of urea groups is 1. The summed E-state index contributed by atoms with van der Waals surface area (Å²) in [7, 11) is 1.55. The zero-order chi connectivity index (χ0) is 53.0. The lowest BCUT2D eigenvalue weighted by atomic mass is 9.77. The van der Waals surface area contributed by atoms with Crippen LogP contribution in [0.5, 0.6) is 11.5 Å². The SMILES string of the molecule is C[C@H]1C[C@H](N2CCC(c3c(F)cc4c(N5CCC(=O)NC5=O)nn(C)c4c3F)CC2)CCN1C(=O)C1CCC(NC[C@]2(c3ccccc3)Oc3cc(F)c(Cl)c(-c4c(C(N)=O)ccc(OCCO)c4F)c3[C@@H]2C)CC1. The highest BCUT2D eigenvalue weighted by Gasteiger charge is 2.51. The number of nitrogens with two attached hydrogens (primary N) is 1. The first-order valence-corrected chi connectivity index (χ1v) is 26.3. The van der Waals surface area contributed by atoms with Crippen LogP contribution >= 0.6 is 11.6 Å². The van der Waals surface area contributed by atoms with E-state index in [1.165, 1.54) is 33.8 Å². The highest BCUT2D eigenvalue weighted by molar-refractivity contribution is 6.34. The van der Waals surface area contributed by atoms with Gasteiger partial charge in [-0.2, -0.15) is 5.10 Å². The zero-order valence-corrected chi connectivity index (χ0v) is 42.8. The molecule has 5 heterocycles. The first kappa shape index (κ1) is 52.2. The molecule has 75 heavy (non-hydrogen) atoms. The molecule has 5 amide bonds. The number of aliphatic hydroxyl groups is 1. The number of nitrogens with one attached hydrogen (secondary N) is 2. The molecule has 5 aromatic rings. The maximum absolute atomic E-state index is 16.5. The van der Waals surface area contributed by atoms with Crippen molar-refractivity contribution in [2.45, 2.75) is 107 Å². The number of anilines is 1. The van der Waals surface area contributed by atoms with E-state index in [2.05, 4.69) is 27.6 Å². The van der Waals surface area contributed by atoms with Crippen molar-refractivity contribution < 1.29 is 51.3 Å². The number of halogens is 5. The Kier molecular flexibility index (Phi) is 14.6. The topological polar surface area (TPSA) is 185 Å². The number of aromatic nitrogens is 2. The van der Waals surface area contributed by atoms with Crippen LogP contribution in [0.15, 0.2) is 54.6 Å². The molecule has 5 aliphatic rings. The van der Waals surface area contributed by atoms with E-state index in [1.54, 1.807) is 7.05 Å². The van der Waals surface area contributed by atoms with Gasteiger partial charge < -0.3 is 35.4 Å². The number of benzene rings is 4. The number of imide groups is 1. The number of carbonyl (C=O) groups excluding carboxylic acids is 4. The largest absolute Gasteiger partial charge is 0.488 e. The lowest BCUT2D eigenvalue weighted by Gasteiger charge is -2.46. The number of fused-ring (bicyclic) bond motifs is 2. The van der Waals surface area contributed by atoms with Crippen LogP contribution in [-0.4, -0.2) is 113 Å². The van der Waals surface area contributed by atoms with Crippen LogP contribution in [0, 0.1) is 29.2 Å². The Labute approximate surface area is 436 Å². The summed E-state index contributed by atoms with van der Waals surface area (Å²) in [5.74, 6) is -5.61. The normalized spacial score (nSPS) is 24.6. The van der Waals surface area contributed by atoms with Crippen LogP contribution < -0.4 is 30.7 Å². The molecule has 4 aromatic carbocycles. The molecule has 4 aliphatic heterocycles. The fourth-order valence-electron chi connectivity index (χ4n) is 12.6. The van der Waals surface area contributed by atoms with E-state index in [4.69, 9.17) is 26.8 Å². The van der Waals surface area contributed by atoms with Gasteiger partial charge in [-0.3, -0.25) is 29.3 Å². The number of hydrogen-bond acceptors (Lipinski definition) is 10. The standard InChI is InChI=1S/C55H61ClF4N8O7/c1-29-25-35(66-19-15-31(16-20-66)44-38(57)26-37-50(49(44)60)65(3)64-52(37)68-22-18-42(70)63-54(68)73)17-21-67(29)53(72)32-9-11-34(12-10-32)62-28-55(33-7-5-4-6-8-33)30(2)43-41(75-55)27-39(58)47(56)46(43)45-36(51(61)71)13-14-40(48(45)59)74-24-23-69/h4-8,13-14,26-27,29-32,34-35,62,69H,9-12,15-25,28H2,1-3H3,(H2,61,71)(H,63,70,73)/t29-,30-,32?,34?,35+,55-/m0/s1. The summed E-state index contributed by atoms with van der Waals surface area (Å²) in [6.07, 6.45) is 5.52.